The summed E-state index contributed by atoms with van der Waals surface area (Å²) in [5, 5.41) is 5.64. The van der Waals surface area contributed by atoms with Crippen LogP contribution in [-0.4, -0.2) is 31.1 Å². The molecule has 5 heteroatoms. The second-order valence-corrected chi connectivity index (χ2v) is 7.05. The molecule has 0 amide bonds. The minimum Gasteiger partial charge on any atom is -0.492 e. The summed E-state index contributed by atoms with van der Waals surface area (Å²) < 4.78 is 6.96. The summed E-state index contributed by atoms with van der Waals surface area (Å²) in [5.74, 6) is 1.04. The van der Waals surface area contributed by atoms with Crippen molar-refractivity contribution in [3.05, 3.63) is 50.6 Å². The molecule has 1 aromatic heterocycles. The fourth-order valence-electron chi connectivity index (χ4n) is 2.47. The second-order valence-electron chi connectivity index (χ2n) is 5.14. The molecule has 0 atom stereocenters. The highest BCUT2D eigenvalue weighted by molar-refractivity contribution is 9.10. The number of rotatable bonds is 5. The van der Waals surface area contributed by atoms with Gasteiger partial charge in [0.05, 0.1) is 0 Å². The molecule has 1 N–H and O–H groups in total. The van der Waals surface area contributed by atoms with E-state index in [0.29, 0.717) is 0 Å². The third kappa shape index (κ3) is 4.30. The van der Waals surface area contributed by atoms with Gasteiger partial charge in [-0.1, -0.05) is 18.2 Å². The van der Waals surface area contributed by atoms with Crippen LogP contribution in [0.4, 0.5) is 0 Å². The predicted molar refractivity (Wildman–Crippen MR) is 90.9 cm³/mol. The first-order chi connectivity index (χ1) is 10.3. The smallest absolute Gasteiger partial charge is 0.123 e. The maximum absolute atomic E-state index is 5.79. The van der Waals surface area contributed by atoms with E-state index in [1.165, 1.54) is 14.9 Å². The summed E-state index contributed by atoms with van der Waals surface area (Å²) in [4.78, 5) is 3.81. The van der Waals surface area contributed by atoms with E-state index in [2.05, 4.69) is 55.8 Å². The topological polar surface area (TPSA) is 24.5 Å². The minimum atomic E-state index is 0.773. The predicted octanol–water partition coefficient (Wildman–Crippen LogP) is 3.49. The van der Waals surface area contributed by atoms with Crippen LogP contribution in [0.25, 0.3) is 0 Å². The number of fused-ring (bicyclic) bond motifs is 1. The molecule has 2 aromatic rings. The zero-order chi connectivity index (χ0) is 14.5. The minimum absolute atomic E-state index is 0.773. The number of ether oxygens (including phenoxy) is 1. The van der Waals surface area contributed by atoms with Gasteiger partial charge in [0.2, 0.25) is 0 Å². The number of nitrogens with one attached hydrogen (secondary N) is 1. The average Bonchev–Trinajstić information content (AvgIpc) is 2.79. The molecule has 0 spiro atoms. The first kappa shape index (κ1) is 15.0. The molecule has 0 fully saturated rings. The number of hydrogen-bond donors (Lipinski definition) is 1. The summed E-state index contributed by atoms with van der Waals surface area (Å²) in [6, 6.07) is 10.5. The van der Waals surface area contributed by atoms with Gasteiger partial charge in [-0.15, -0.1) is 11.3 Å². The molecule has 3 nitrogen and oxygen atoms in total. The van der Waals surface area contributed by atoms with E-state index in [4.69, 9.17) is 4.74 Å². The Kier molecular flexibility index (Phi) is 5.30. The number of halogens is 1. The molecule has 2 heterocycles. The van der Waals surface area contributed by atoms with Crippen LogP contribution in [0.5, 0.6) is 5.75 Å². The molecule has 0 unspecified atom stereocenters. The third-order valence-corrected chi connectivity index (χ3v) is 5.26. The number of para-hydroxylation sites is 1. The van der Waals surface area contributed by atoms with E-state index >= 15 is 0 Å². The highest BCUT2D eigenvalue weighted by atomic mass is 79.9. The molecule has 0 aliphatic carbocycles. The summed E-state index contributed by atoms with van der Waals surface area (Å²) >= 11 is 5.27. The first-order valence-electron chi connectivity index (χ1n) is 7.18. The van der Waals surface area contributed by atoms with Crippen LogP contribution >= 0.6 is 27.3 Å². The molecule has 0 bridgehead atoms. The number of hydrogen-bond acceptors (Lipinski definition) is 4. The van der Waals surface area contributed by atoms with Crippen LogP contribution in [0.3, 0.4) is 0 Å². The Bertz CT molecular complexity index is 587. The quantitative estimate of drug-likeness (QED) is 0.819. The molecule has 112 valence electrons. The van der Waals surface area contributed by atoms with E-state index in [1.54, 1.807) is 11.3 Å². The molecule has 1 aliphatic heterocycles. The van der Waals surface area contributed by atoms with Gasteiger partial charge in [0, 0.05) is 53.0 Å². The normalized spacial score (nSPS) is 15.3. The monoisotopic (exact) mass is 366 g/mol. The molecule has 0 saturated heterocycles. The van der Waals surface area contributed by atoms with Gasteiger partial charge in [-0.05, 0) is 28.1 Å². The van der Waals surface area contributed by atoms with Crippen molar-refractivity contribution in [2.24, 2.45) is 0 Å². The van der Waals surface area contributed by atoms with Crippen molar-refractivity contribution in [1.29, 1.82) is 0 Å². The third-order valence-electron chi connectivity index (χ3n) is 3.56. The van der Waals surface area contributed by atoms with Crippen LogP contribution in [0.2, 0.25) is 0 Å². The van der Waals surface area contributed by atoms with Crippen molar-refractivity contribution >= 4 is 27.3 Å². The zero-order valence-electron chi connectivity index (χ0n) is 11.8. The van der Waals surface area contributed by atoms with Gasteiger partial charge in [0.15, 0.2) is 0 Å². The molecule has 1 aliphatic rings. The van der Waals surface area contributed by atoms with Crippen LogP contribution in [0, 0.1) is 0 Å². The van der Waals surface area contributed by atoms with Gasteiger partial charge < -0.3 is 10.1 Å². The molecule has 0 radical (unpaired) electrons. The number of nitrogens with zero attached hydrogens (tertiary/aromatic N) is 1. The molecule has 21 heavy (non-hydrogen) atoms. The Morgan fingerprint density at radius 3 is 3.10 bits per heavy atom. The Hall–Kier alpha value is -0.880. The SMILES string of the molecule is Brc1csc(CNCCN2CCOc3ccccc3C2)c1. The molecule has 3 rings (SSSR count). The van der Waals surface area contributed by atoms with E-state index in [0.717, 1.165) is 45.1 Å². The van der Waals surface area contributed by atoms with Crippen molar-refractivity contribution in [3.8, 4) is 5.75 Å². The zero-order valence-corrected chi connectivity index (χ0v) is 14.3. The summed E-state index contributed by atoms with van der Waals surface area (Å²) in [6.45, 7) is 5.72. The van der Waals surface area contributed by atoms with Gasteiger partial charge in [-0.25, -0.2) is 0 Å². The lowest BCUT2D eigenvalue weighted by Gasteiger charge is -2.19. The molecular formula is C16H19BrN2OS. The lowest BCUT2D eigenvalue weighted by Crippen LogP contribution is -2.33. The van der Waals surface area contributed by atoms with Crippen molar-refractivity contribution in [3.63, 3.8) is 0 Å². The first-order valence-corrected chi connectivity index (χ1v) is 8.85. The lowest BCUT2D eigenvalue weighted by atomic mass is 10.2. The fraction of sp³-hybridized carbons (Fsp3) is 0.375. The van der Waals surface area contributed by atoms with Gasteiger partial charge in [0.25, 0.3) is 0 Å². The highest BCUT2D eigenvalue weighted by Crippen LogP contribution is 2.22. The van der Waals surface area contributed by atoms with E-state index in [1.807, 2.05) is 6.07 Å². The van der Waals surface area contributed by atoms with Crippen LogP contribution in [0.15, 0.2) is 40.2 Å². The fourth-order valence-corrected chi connectivity index (χ4v) is 3.89. The van der Waals surface area contributed by atoms with Crippen molar-refractivity contribution in [2.45, 2.75) is 13.1 Å². The molecule has 1 aromatic carbocycles. The van der Waals surface area contributed by atoms with Crippen LogP contribution in [-0.2, 0) is 13.1 Å². The maximum atomic E-state index is 5.79. The van der Waals surface area contributed by atoms with Crippen LogP contribution < -0.4 is 10.1 Å². The Labute approximate surface area is 138 Å². The lowest BCUT2D eigenvalue weighted by molar-refractivity contribution is 0.226. The van der Waals surface area contributed by atoms with Gasteiger partial charge >= 0.3 is 0 Å². The van der Waals surface area contributed by atoms with E-state index < -0.39 is 0 Å². The summed E-state index contributed by atoms with van der Waals surface area (Å²) in [7, 11) is 0. The Morgan fingerprint density at radius 2 is 2.24 bits per heavy atom. The summed E-state index contributed by atoms with van der Waals surface area (Å²) in [5.41, 5.74) is 1.29. The van der Waals surface area contributed by atoms with Gasteiger partial charge in [0.1, 0.15) is 12.4 Å². The van der Waals surface area contributed by atoms with Gasteiger partial charge in [-0.2, -0.15) is 0 Å². The Balaban J connectivity index is 1.45. The Morgan fingerprint density at radius 1 is 1.33 bits per heavy atom. The standard InChI is InChI=1S/C16H19BrN2OS/c17-14-9-15(21-12-14)10-18-5-6-19-7-8-20-16-4-2-1-3-13(16)11-19/h1-4,9,12,18H,5-8,10-11H2. The van der Waals surface area contributed by atoms with Crippen LogP contribution in [0.1, 0.15) is 10.4 Å². The second kappa shape index (κ2) is 7.40. The van der Waals surface area contributed by atoms with Gasteiger partial charge in [-0.3, -0.25) is 4.90 Å². The molecule has 0 saturated carbocycles. The highest BCUT2D eigenvalue weighted by Gasteiger charge is 2.14. The summed E-state index contributed by atoms with van der Waals surface area (Å²) in [6.07, 6.45) is 0. The average molecular weight is 367 g/mol. The largest absolute Gasteiger partial charge is 0.492 e. The number of thiophene rings is 1. The maximum Gasteiger partial charge on any atom is 0.123 e. The van der Waals surface area contributed by atoms with E-state index in [9.17, 15) is 0 Å². The van der Waals surface area contributed by atoms with Crippen molar-refractivity contribution < 1.29 is 4.74 Å². The van der Waals surface area contributed by atoms with Crippen molar-refractivity contribution in [1.82, 2.24) is 10.2 Å². The van der Waals surface area contributed by atoms with Crippen molar-refractivity contribution in [2.75, 3.05) is 26.2 Å². The van der Waals surface area contributed by atoms with E-state index in [-0.39, 0.29) is 0 Å². The number of benzene rings is 1. The molecular weight excluding hydrogens is 348 g/mol.